The standard InChI is InChI=1S/C13H12ClN3O/c1-8-3-4-9(2)10(7-8)13(18)15-12-6-5-11(14)16-17-12/h3-7H,1-2H3,(H,15,17,18). The fraction of sp³-hybridized carbons (Fsp3) is 0.154. The Hall–Kier alpha value is -1.94. The van der Waals surface area contributed by atoms with Crippen LogP contribution in [-0.4, -0.2) is 16.1 Å². The van der Waals surface area contributed by atoms with E-state index >= 15 is 0 Å². The number of amides is 1. The number of rotatable bonds is 2. The van der Waals surface area contributed by atoms with Gasteiger partial charge in [-0.15, -0.1) is 10.2 Å². The van der Waals surface area contributed by atoms with Crippen molar-refractivity contribution in [3.05, 3.63) is 52.2 Å². The molecule has 0 saturated carbocycles. The Morgan fingerprint density at radius 3 is 2.61 bits per heavy atom. The molecule has 1 amide bonds. The maximum atomic E-state index is 12.1. The van der Waals surface area contributed by atoms with Crippen LogP contribution < -0.4 is 5.32 Å². The van der Waals surface area contributed by atoms with E-state index in [0.29, 0.717) is 16.5 Å². The Kier molecular flexibility index (Phi) is 3.58. The van der Waals surface area contributed by atoms with Gasteiger partial charge in [0.2, 0.25) is 0 Å². The number of aryl methyl sites for hydroxylation is 2. The van der Waals surface area contributed by atoms with Gasteiger partial charge in [-0.2, -0.15) is 0 Å². The highest BCUT2D eigenvalue weighted by molar-refractivity contribution is 6.29. The number of carbonyl (C=O) groups excluding carboxylic acids is 1. The van der Waals surface area contributed by atoms with Gasteiger partial charge in [0.25, 0.3) is 5.91 Å². The number of nitrogens with one attached hydrogen (secondary N) is 1. The predicted molar refractivity (Wildman–Crippen MR) is 70.9 cm³/mol. The normalized spacial score (nSPS) is 10.2. The lowest BCUT2D eigenvalue weighted by molar-refractivity contribution is 0.102. The van der Waals surface area contributed by atoms with Crippen molar-refractivity contribution >= 4 is 23.3 Å². The second-order valence-electron chi connectivity index (χ2n) is 4.01. The van der Waals surface area contributed by atoms with E-state index in [9.17, 15) is 4.79 Å². The number of nitrogens with zero attached hydrogens (tertiary/aromatic N) is 2. The van der Waals surface area contributed by atoms with Crippen LogP contribution in [0.2, 0.25) is 5.15 Å². The number of benzene rings is 1. The fourth-order valence-electron chi connectivity index (χ4n) is 1.55. The zero-order chi connectivity index (χ0) is 13.1. The van der Waals surface area contributed by atoms with Gasteiger partial charge in [0.1, 0.15) is 0 Å². The highest BCUT2D eigenvalue weighted by atomic mass is 35.5. The average Bonchev–Trinajstić information content (AvgIpc) is 2.35. The Bertz CT molecular complexity index is 581. The molecule has 0 fully saturated rings. The summed E-state index contributed by atoms with van der Waals surface area (Å²) in [4.78, 5) is 12.1. The van der Waals surface area contributed by atoms with Crippen LogP contribution in [0.4, 0.5) is 5.82 Å². The summed E-state index contributed by atoms with van der Waals surface area (Å²) in [6.07, 6.45) is 0. The lowest BCUT2D eigenvalue weighted by atomic mass is 10.1. The van der Waals surface area contributed by atoms with Crippen LogP contribution in [0.15, 0.2) is 30.3 Å². The summed E-state index contributed by atoms with van der Waals surface area (Å²) >= 11 is 5.62. The van der Waals surface area contributed by atoms with Crippen LogP contribution in [0, 0.1) is 13.8 Å². The highest BCUT2D eigenvalue weighted by Gasteiger charge is 2.10. The van der Waals surface area contributed by atoms with Gasteiger partial charge in [0, 0.05) is 5.56 Å². The molecule has 0 radical (unpaired) electrons. The van der Waals surface area contributed by atoms with E-state index in [4.69, 9.17) is 11.6 Å². The molecule has 0 spiro atoms. The minimum atomic E-state index is -0.201. The van der Waals surface area contributed by atoms with E-state index in [1.165, 1.54) is 0 Å². The van der Waals surface area contributed by atoms with E-state index in [0.717, 1.165) is 11.1 Å². The monoisotopic (exact) mass is 261 g/mol. The predicted octanol–water partition coefficient (Wildman–Crippen LogP) is 3.00. The number of anilines is 1. The van der Waals surface area contributed by atoms with Crippen molar-refractivity contribution in [2.45, 2.75) is 13.8 Å². The SMILES string of the molecule is Cc1ccc(C)c(C(=O)Nc2ccc(Cl)nn2)c1. The van der Waals surface area contributed by atoms with Gasteiger partial charge in [0.15, 0.2) is 11.0 Å². The molecule has 0 unspecified atom stereocenters. The molecule has 4 nitrogen and oxygen atoms in total. The largest absolute Gasteiger partial charge is 0.305 e. The van der Waals surface area contributed by atoms with Crippen LogP contribution in [0.25, 0.3) is 0 Å². The van der Waals surface area contributed by atoms with Crippen molar-refractivity contribution in [2.75, 3.05) is 5.32 Å². The third-order valence-corrected chi connectivity index (χ3v) is 2.71. The molecule has 0 bridgehead atoms. The van der Waals surface area contributed by atoms with Gasteiger partial charge in [0.05, 0.1) is 0 Å². The maximum absolute atomic E-state index is 12.1. The van der Waals surface area contributed by atoms with Crippen LogP contribution >= 0.6 is 11.6 Å². The van der Waals surface area contributed by atoms with E-state index in [-0.39, 0.29) is 5.91 Å². The van der Waals surface area contributed by atoms with Crippen molar-refractivity contribution in [3.63, 3.8) is 0 Å². The zero-order valence-electron chi connectivity index (χ0n) is 10.1. The summed E-state index contributed by atoms with van der Waals surface area (Å²) in [5, 5.41) is 10.4. The number of carbonyl (C=O) groups is 1. The quantitative estimate of drug-likeness (QED) is 0.904. The Labute approximate surface area is 110 Å². The van der Waals surface area contributed by atoms with Gasteiger partial charge in [-0.1, -0.05) is 29.3 Å². The molecule has 5 heteroatoms. The topological polar surface area (TPSA) is 54.9 Å². The van der Waals surface area contributed by atoms with Crippen molar-refractivity contribution in [1.82, 2.24) is 10.2 Å². The first-order valence-electron chi connectivity index (χ1n) is 5.44. The van der Waals surface area contributed by atoms with Gasteiger partial charge in [-0.05, 0) is 37.6 Å². The molecule has 1 heterocycles. The molecule has 1 aromatic heterocycles. The molecule has 0 aliphatic heterocycles. The Morgan fingerprint density at radius 2 is 1.94 bits per heavy atom. The molecule has 0 saturated heterocycles. The third kappa shape index (κ3) is 2.84. The van der Waals surface area contributed by atoms with E-state index in [1.807, 2.05) is 32.0 Å². The van der Waals surface area contributed by atoms with Crippen molar-refractivity contribution in [2.24, 2.45) is 0 Å². The van der Waals surface area contributed by atoms with Gasteiger partial charge < -0.3 is 5.32 Å². The van der Waals surface area contributed by atoms with Crippen LogP contribution in [0.1, 0.15) is 21.5 Å². The lowest BCUT2D eigenvalue weighted by Gasteiger charge is -2.07. The summed E-state index contributed by atoms with van der Waals surface area (Å²) in [6.45, 7) is 3.83. The highest BCUT2D eigenvalue weighted by Crippen LogP contribution is 2.13. The van der Waals surface area contributed by atoms with E-state index in [1.54, 1.807) is 12.1 Å². The molecule has 18 heavy (non-hydrogen) atoms. The van der Waals surface area contributed by atoms with Gasteiger partial charge in [-0.25, -0.2) is 0 Å². The summed E-state index contributed by atoms with van der Waals surface area (Å²) < 4.78 is 0. The molecule has 1 N–H and O–H groups in total. The first-order chi connectivity index (χ1) is 8.56. The first kappa shape index (κ1) is 12.5. The summed E-state index contributed by atoms with van der Waals surface area (Å²) in [7, 11) is 0. The molecule has 92 valence electrons. The molecule has 1 aromatic carbocycles. The molecule has 0 aliphatic rings. The second-order valence-corrected chi connectivity index (χ2v) is 4.40. The lowest BCUT2D eigenvalue weighted by Crippen LogP contribution is -2.14. The molecule has 0 atom stereocenters. The summed E-state index contributed by atoms with van der Waals surface area (Å²) in [5.74, 6) is 0.179. The fourth-order valence-corrected chi connectivity index (χ4v) is 1.65. The average molecular weight is 262 g/mol. The summed E-state index contributed by atoms with van der Waals surface area (Å²) in [5.41, 5.74) is 2.58. The number of hydrogen-bond donors (Lipinski definition) is 1. The van der Waals surface area contributed by atoms with E-state index in [2.05, 4.69) is 15.5 Å². The third-order valence-electron chi connectivity index (χ3n) is 2.51. The van der Waals surface area contributed by atoms with Crippen LogP contribution in [0.5, 0.6) is 0 Å². The maximum Gasteiger partial charge on any atom is 0.257 e. The van der Waals surface area contributed by atoms with E-state index < -0.39 is 0 Å². The van der Waals surface area contributed by atoms with Crippen molar-refractivity contribution < 1.29 is 4.79 Å². The molecule has 2 aromatic rings. The number of hydrogen-bond acceptors (Lipinski definition) is 3. The Balaban J connectivity index is 2.21. The first-order valence-corrected chi connectivity index (χ1v) is 5.82. The number of halogens is 1. The van der Waals surface area contributed by atoms with Crippen LogP contribution in [-0.2, 0) is 0 Å². The Morgan fingerprint density at radius 1 is 1.17 bits per heavy atom. The molecule has 0 aliphatic carbocycles. The van der Waals surface area contributed by atoms with Crippen molar-refractivity contribution in [3.8, 4) is 0 Å². The van der Waals surface area contributed by atoms with Gasteiger partial charge in [-0.3, -0.25) is 4.79 Å². The van der Waals surface area contributed by atoms with Crippen molar-refractivity contribution in [1.29, 1.82) is 0 Å². The minimum Gasteiger partial charge on any atom is -0.305 e. The summed E-state index contributed by atoms with van der Waals surface area (Å²) in [6, 6.07) is 8.91. The number of aromatic nitrogens is 2. The zero-order valence-corrected chi connectivity index (χ0v) is 10.8. The second kappa shape index (κ2) is 5.14. The molecule has 2 rings (SSSR count). The smallest absolute Gasteiger partial charge is 0.257 e. The molecular formula is C13H12ClN3O. The van der Waals surface area contributed by atoms with Gasteiger partial charge >= 0.3 is 0 Å². The molecular weight excluding hydrogens is 250 g/mol. The van der Waals surface area contributed by atoms with Crippen LogP contribution in [0.3, 0.4) is 0 Å². The minimum absolute atomic E-state index is 0.201.